The van der Waals surface area contributed by atoms with E-state index in [0.29, 0.717) is 61.9 Å². The van der Waals surface area contributed by atoms with Crippen LogP contribution in [-0.4, -0.2) is 62.4 Å². The molecule has 1 saturated heterocycles. The fourth-order valence-corrected chi connectivity index (χ4v) is 6.51. The van der Waals surface area contributed by atoms with Crippen molar-refractivity contribution in [2.24, 2.45) is 5.92 Å². The molecule has 39 heavy (non-hydrogen) atoms. The highest BCUT2D eigenvalue weighted by Crippen LogP contribution is 2.31. The number of pyridine rings is 1. The number of allylic oxidation sites excluding steroid dienone is 3. The Labute approximate surface area is 226 Å². The number of sulfonamides is 1. The highest BCUT2D eigenvalue weighted by atomic mass is 32.2. The Morgan fingerprint density at radius 3 is 2.69 bits per heavy atom. The van der Waals surface area contributed by atoms with Crippen molar-refractivity contribution in [3.05, 3.63) is 94.7 Å². The lowest BCUT2D eigenvalue weighted by Crippen LogP contribution is -2.50. The zero-order valence-corrected chi connectivity index (χ0v) is 22.4. The van der Waals surface area contributed by atoms with E-state index in [1.807, 2.05) is 11.0 Å². The first-order valence-electron chi connectivity index (χ1n) is 12.8. The van der Waals surface area contributed by atoms with Gasteiger partial charge in [0.1, 0.15) is 22.3 Å². The van der Waals surface area contributed by atoms with E-state index in [0.717, 1.165) is 18.1 Å². The third-order valence-electron chi connectivity index (χ3n) is 7.25. The number of fused-ring (bicyclic) bond motifs is 1. The summed E-state index contributed by atoms with van der Waals surface area (Å²) in [5.74, 6) is -1.49. The number of carbonyl (C=O) groups is 1. The van der Waals surface area contributed by atoms with Crippen molar-refractivity contribution in [1.82, 2.24) is 19.5 Å². The van der Waals surface area contributed by atoms with Crippen LogP contribution in [0.3, 0.4) is 0 Å². The van der Waals surface area contributed by atoms with Crippen LogP contribution in [0.15, 0.2) is 66.2 Å². The number of hydrogen-bond acceptors (Lipinski definition) is 6. The molecule has 1 aromatic heterocycles. The standard InChI is InChI=1S/C28H30F2N4O4S/c1-38-25-17-22(32-39(36,37)26-6-2-4-19-5-3-11-31-27(19)26)9-10-23(25)28(35)34-14-12-33(13-15-34)18-20-7-8-21(29)16-24(20)30/h3,5-9,11,16-17,23,32H,2,4,10,12-15,18H2,1H3. The molecule has 11 heteroatoms. The van der Waals surface area contributed by atoms with E-state index in [4.69, 9.17) is 4.74 Å². The van der Waals surface area contributed by atoms with Gasteiger partial charge < -0.3 is 9.64 Å². The van der Waals surface area contributed by atoms with Crippen molar-refractivity contribution in [3.63, 3.8) is 0 Å². The summed E-state index contributed by atoms with van der Waals surface area (Å²) < 4.78 is 61.8. The Balaban J connectivity index is 1.21. The van der Waals surface area contributed by atoms with Crippen LogP contribution in [0.5, 0.6) is 0 Å². The number of nitrogens with zero attached hydrogens (tertiary/aromatic N) is 3. The number of ether oxygens (including phenoxy) is 1. The molecule has 3 aliphatic rings. The Bertz CT molecular complexity index is 1460. The van der Waals surface area contributed by atoms with Crippen LogP contribution in [0.1, 0.15) is 29.7 Å². The third kappa shape index (κ3) is 5.89. The molecular weight excluding hydrogens is 526 g/mol. The van der Waals surface area contributed by atoms with E-state index in [1.54, 1.807) is 35.4 Å². The molecule has 1 fully saturated rings. The molecule has 1 N–H and O–H groups in total. The van der Waals surface area contributed by atoms with Crippen LogP contribution in [0.25, 0.3) is 4.91 Å². The summed E-state index contributed by atoms with van der Waals surface area (Å²) in [5.41, 5.74) is 2.10. The van der Waals surface area contributed by atoms with Gasteiger partial charge in [-0.2, -0.15) is 0 Å². The summed E-state index contributed by atoms with van der Waals surface area (Å²) >= 11 is 0. The summed E-state index contributed by atoms with van der Waals surface area (Å²) in [5, 5.41) is 0. The van der Waals surface area contributed by atoms with E-state index in [1.165, 1.54) is 19.2 Å². The maximum atomic E-state index is 14.0. The smallest absolute Gasteiger partial charge is 0.263 e. The third-order valence-corrected chi connectivity index (χ3v) is 8.69. The number of aryl methyl sites for hydroxylation is 1. The summed E-state index contributed by atoms with van der Waals surface area (Å²) in [6.07, 6.45) is 8.13. The molecule has 1 amide bonds. The summed E-state index contributed by atoms with van der Waals surface area (Å²) in [6, 6.07) is 7.23. The number of hydrogen-bond donors (Lipinski definition) is 1. The second kappa shape index (κ2) is 11.3. The molecule has 206 valence electrons. The molecule has 0 bridgehead atoms. The molecule has 2 aliphatic carbocycles. The van der Waals surface area contributed by atoms with Gasteiger partial charge in [-0.3, -0.25) is 19.4 Å². The SMILES string of the molecule is COC1=CC(NS(=O)(=O)C2=CCCc3cccnc32)=CCC1C(=O)N1CCN(Cc2ccc(F)cc2F)CC1. The van der Waals surface area contributed by atoms with Gasteiger partial charge in [-0.1, -0.05) is 24.3 Å². The van der Waals surface area contributed by atoms with Crippen LogP contribution >= 0.6 is 0 Å². The first-order valence-corrected chi connectivity index (χ1v) is 14.3. The van der Waals surface area contributed by atoms with Crippen LogP contribution < -0.4 is 4.72 Å². The summed E-state index contributed by atoms with van der Waals surface area (Å²) in [4.78, 5) is 21.5. The number of aromatic nitrogens is 1. The Kier molecular flexibility index (Phi) is 7.81. The molecule has 2 aromatic rings. The maximum absolute atomic E-state index is 14.0. The second-order valence-electron chi connectivity index (χ2n) is 9.76. The lowest BCUT2D eigenvalue weighted by molar-refractivity contribution is -0.137. The number of benzene rings is 1. The minimum atomic E-state index is -3.89. The monoisotopic (exact) mass is 556 g/mol. The fourth-order valence-electron chi connectivity index (χ4n) is 5.17. The van der Waals surface area contributed by atoms with Gasteiger partial charge in [-0.05, 0) is 37.0 Å². The van der Waals surface area contributed by atoms with Crippen LogP contribution in [-0.2, 0) is 32.5 Å². The van der Waals surface area contributed by atoms with Gasteiger partial charge in [0.15, 0.2) is 0 Å². The van der Waals surface area contributed by atoms with Crippen molar-refractivity contribution in [2.75, 3.05) is 33.3 Å². The van der Waals surface area contributed by atoms with Gasteiger partial charge in [0, 0.05) is 62.3 Å². The number of carbonyl (C=O) groups excluding carboxylic acids is 1. The first-order chi connectivity index (χ1) is 18.7. The Morgan fingerprint density at radius 2 is 1.95 bits per heavy atom. The first kappa shape index (κ1) is 27.0. The van der Waals surface area contributed by atoms with Crippen molar-refractivity contribution in [1.29, 1.82) is 0 Å². The normalized spacial score (nSPS) is 19.9. The minimum absolute atomic E-state index is 0.109. The number of methoxy groups -OCH3 is 1. The van der Waals surface area contributed by atoms with E-state index in [-0.39, 0.29) is 17.2 Å². The predicted molar refractivity (Wildman–Crippen MR) is 142 cm³/mol. The van der Waals surface area contributed by atoms with Crippen molar-refractivity contribution < 1.29 is 26.7 Å². The fraction of sp³-hybridized carbons (Fsp3) is 0.357. The maximum Gasteiger partial charge on any atom is 0.263 e. The zero-order chi connectivity index (χ0) is 27.6. The van der Waals surface area contributed by atoms with E-state index >= 15 is 0 Å². The van der Waals surface area contributed by atoms with Crippen LogP contribution in [0, 0.1) is 17.6 Å². The lowest BCUT2D eigenvalue weighted by atomic mass is 9.95. The number of nitrogens with one attached hydrogen (secondary N) is 1. The molecule has 0 spiro atoms. The predicted octanol–water partition coefficient (Wildman–Crippen LogP) is 3.34. The molecular formula is C28H30F2N4O4S. The van der Waals surface area contributed by atoms with Crippen LogP contribution in [0.2, 0.25) is 0 Å². The highest BCUT2D eigenvalue weighted by molar-refractivity contribution is 7.99. The second-order valence-corrected chi connectivity index (χ2v) is 11.4. The van der Waals surface area contributed by atoms with E-state index < -0.39 is 27.6 Å². The molecule has 0 saturated carbocycles. The minimum Gasteiger partial charge on any atom is -0.500 e. The van der Waals surface area contributed by atoms with Gasteiger partial charge in [0.05, 0.1) is 18.7 Å². The summed E-state index contributed by atoms with van der Waals surface area (Å²) in [6.45, 7) is 2.35. The molecule has 5 rings (SSSR count). The number of piperazine rings is 1. The largest absolute Gasteiger partial charge is 0.500 e. The van der Waals surface area contributed by atoms with Gasteiger partial charge in [-0.25, -0.2) is 17.2 Å². The van der Waals surface area contributed by atoms with E-state index in [2.05, 4.69) is 9.71 Å². The zero-order valence-electron chi connectivity index (χ0n) is 21.6. The van der Waals surface area contributed by atoms with Crippen molar-refractivity contribution >= 4 is 20.8 Å². The molecule has 1 aliphatic heterocycles. The Hall–Kier alpha value is -3.57. The van der Waals surface area contributed by atoms with Gasteiger partial charge in [0.2, 0.25) is 5.91 Å². The molecule has 8 nitrogen and oxygen atoms in total. The lowest BCUT2D eigenvalue weighted by Gasteiger charge is -2.37. The molecule has 0 radical (unpaired) electrons. The van der Waals surface area contributed by atoms with Gasteiger partial charge in [-0.15, -0.1) is 0 Å². The molecule has 2 heterocycles. The quantitative estimate of drug-likeness (QED) is 0.563. The molecule has 1 aromatic carbocycles. The average Bonchev–Trinajstić information content (AvgIpc) is 2.94. The topological polar surface area (TPSA) is 91.8 Å². The van der Waals surface area contributed by atoms with Crippen molar-refractivity contribution in [3.8, 4) is 0 Å². The number of amides is 1. The molecule has 1 unspecified atom stereocenters. The van der Waals surface area contributed by atoms with Crippen molar-refractivity contribution in [2.45, 2.75) is 25.8 Å². The summed E-state index contributed by atoms with van der Waals surface area (Å²) in [7, 11) is -2.43. The Morgan fingerprint density at radius 1 is 1.15 bits per heavy atom. The number of rotatable bonds is 7. The van der Waals surface area contributed by atoms with E-state index in [9.17, 15) is 22.0 Å². The average molecular weight is 557 g/mol. The molecule has 1 atom stereocenters. The highest BCUT2D eigenvalue weighted by Gasteiger charge is 2.33. The van der Waals surface area contributed by atoms with Gasteiger partial charge in [0.25, 0.3) is 10.0 Å². The van der Waals surface area contributed by atoms with Crippen LogP contribution in [0.4, 0.5) is 8.78 Å². The van der Waals surface area contributed by atoms with Gasteiger partial charge >= 0.3 is 0 Å². The number of halogens is 2.